The highest BCUT2D eigenvalue weighted by Crippen LogP contribution is 2.22. The van der Waals surface area contributed by atoms with Gasteiger partial charge in [-0.05, 0) is 126 Å². The maximum atomic E-state index is 8.91. The van der Waals surface area contributed by atoms with Gasteiger partial charge in [0.15, 0.2) is 6.20 Å². The van der Waals surface area contributed by atoms with Crippen LogP contribution in [0.15, 0.2) is 110 Å². The summed E-state index contributed by atoms with van der Waals surface area (Å²) < 4.78 is 0. The van der Waals surface area contributed by atoms with Crippen molar-refractivity contribution in [2.24, 2.45) is 0 Å². The zero-order valence-corrected chi connectivity index (χ0v) is 33.3. The van der Waals surface area contributed by atoms with E-state index in [1.54, 1.807) is 6.20 Å². The number of aromatic nitrogens is 4. The van der Waals surface area contributed by atoms with Gasteiger partial charge in [-0.2, -0.15) is 10.5 Å². The number of hydrogen-bond donors (Lipinski definition) is 0. The predicted octanol–water partition coefficient (Wildman–Crippen LogP) is 10.3. The van der Waals surface area contributed by atoms with E-state index in [-0.39, 0.29) is 12.4 Å². The topological polar surface area (TPSA) is 103 Å². The Morgan fingerprint density at radius 3 is 1.47 bits per heavy atom. The Morgan fingerprint density at radius 1 is 0.632 bits per heavy atom. The third-order valence-corrected chi connectivity index (χ3v) is 9.30. The lowest BCUT2D eigenvalue weighted by atomic mass is 9.95. The molecule has 0 atom stereocenters. The van der Waals surface area contributed by atoms with E-state index < -0.39 is 0 Å². The Kier molecular flexibility index (Phi) is 15.7. The first-order valence-electron chi connectivity index (χ1n) is 18.1. The molecular weight excluding hydrogens is 722 g/mol. The fraction of sp³-hybridized carbons (Fsp3) is 0.163. The molecule has 0 fully saturated rings. The van der Waals surface area contributed by atoms with Crippen molar-refractivity contribution in [3.05, 3.63) is 211 Å². The summed E-state index contributed by atoms with van der Waals surface area (Å²) in [6, 6.07) is 31.9. The van der Waals surface area contributed by atoms with Crippen molar-refractivity contribution < 1.29 is 0 Å². The lowest BCUT2D eigenvalue weighted by molar-refractivity contribution is 0.912. The summed E-state index contributed by atoms with van der Waals surface area (Å²) >= 11 is 0. The van der Waals surface area contributed by atoms with E-state index in [0.29, 0.717) is 18.4 Å². The molecule has 0 radical (unpaired) electrons. The van der Waals surface area contributed by atoms with Gasteiger partial charge in [0.05, 0.1) is 24.3 Å². The minimum absolute atomic E-state index is 0. The molecule has 4 aromatic carbocycles. The van der Waals surface area contributed by atoms with Crippen molar-refractivity contribution in [1.82, 2.24) is 19.9 Å². The zero-order valence-electron chi connectivity index (χ0n) is 32.5. The van der Waals surface area contributed by atoms with Crippen LogP contribution in [-0.4, -0.2) is 19.9 Å². The fourth-order valence-electron chi connectivity index (χ4n) is 6.45. The summed E-state index contributed by atoms with van der Waals surface area (Å²) in [4.78, 5) is 21.6. The molecule has 280 valence electrons. The van der Waals surface area contributed by atoms with Crippen LogP contribution in [-0.2, 0) is 25.7 Å². The maximum absolute atomic E-state index is 8.91. The summed E-state index contributed by atoms with van der Waals surface area (Å²) in [6.07, 6.45) is 18.5. The second-order valence-corrected chi connectivity index (χ2v) is 13.5. The molecule has 0 amide bonds. The monoisotopic (exact) mass is 763 g/mol. The molecule has 0 aliphatic carbocycles. The molecule has 0 N–H and O–H groups in total. The Balaban J connectivity index is 0.000000248. The molecule has 6 rings (SSSR count). The highest BCUT2D eigenvalue weighted by Gasteiger charge is 2.10. The molecule has 0 spiro atoms. The smallest absolute Gasteiger partial charge is 0.154 e. The summed E-state index contributed by atoms with van der Waals surface area (Å²) in [7, 11) is 0. The van der Waals surface area contributed by atoms with Crippen molar-refractivity contribution in [3.8, 4) is 24.5 Å². The van der Waals surface area contributed by atoms with Crippen LogP contribution in [0.4, 0.5) is 0 Å². The molecule has 0 bridgehead atoms. The molecule has 2 aromatic heterocycles. The van der Waals surface area contributed by atoms with Gasteiger partial charge in [-0.1, -0.05) is 60.5 Å². The fourth-order valence-corrected chi connectivity index (χ4v) is 6.45. The van der Waals surface area contributed by atoms with Gasteiger partial charge in [-0.25, -0.2) is 24.8 Å². The van der Waals surface area contributed by atoms with Crippen molar-refractivity contribution in [2.75, 3.05) is 0 Å². The third kappa shape index (κ3) is 12.4. The molecule has 0 aliphatic heterocycles. The van der Waals surface area contributed by atoms with E-state index in [4.69, 9.17) is 33.5 Å². The van der Waals surface area contributed by atoms with E-state index in [9.17, 15) is 0 Å². The van der Waals surface area contributed by atoms with Gasteiger partial charge in [0.1, 0.15) is 11.6 Å². The minimum atomic E-state index is 0. The van der Waals surface area contributed by atoms with Crippen molar-refractivity contribution in [2.45, 2.75) is 53.4 Å². The summed E-state index contributed by atoms with van der Waals surface area (Å²) in [5.41, 5.74) is 15.1. The van der Waals surface area contributed by atoms with E-state index in [1.165, 1.54) is 45.7 Å². The molecule has 57 heavy (non-hydrogen) atoms. The molecule has 0 saturated heterocycles. The summed E-state index contributed by atoms with van der Waals surface area (Å²) in [5, 5.41) is 17.6. The Morgan fingerprint density at radius 2 is 1.07 bits per heavy atom. The highest BCUT2D eigenvalue weighted by atomic mass is 35.5. The quantitative estimate of drug-likeness (QED) is 0.0782. The Labute approximate surface area is 342 Å². The van der Waals surface area contributed by atoms with E-state index in [2.05, 4.69) is 78.8 Å². The van der Waals surface area contributed by atoms with Crippen LogP contribution in [0, 0.1) is 69.3 Å². The third-order valence-electron chi connectivity index (χ3n) is 9.30. The Hall–Kier alpha value is -7.16. The van der Waals surface area contributed by atoms with E-state index >= 15 is 0 Å². The molecular formula is C49H42ClN7. The van der Waals surface area contributed by atoms with Gasteiger partial charge in [0, 0.05) is 61.1 Å². The number of benzene rings is 4. The zero-order chi connectivity index (χ0) is 39.9. The number of nitrogens with zero attached hydrogens (tertiary/aromatic N) is 7. The first-order valence-corrected chi connectivity index (χ1v) is 18.1. The highest BCUT2D eigenvalue weighted by molar-refractivity contribution is 5.85. The lowest BCUT2D eigenvalue weighted by Gasteiger charge is -2.12. The number of aryl methyl sites for hydroxylation is 4. The number of allylic oxidation sites excluding steroid dienone is 1. The Bertz CT molecular complexity index is 2330. The summed E-state index contributed by atoms with van der Waals surface area (Å²) in [6.45, 7) is 15.3. The van der Waals surface area contributed by atoms with Crippen molar-refractivity contribution in [3.63, 3.8) is 0 Å². The van der Waals surface area contributed by atoms with Crippen LogP contribution in [0.25, 0.3) is 17.0 Å². The molecule has 2 heterocycles. The average molecular weight is 764 g/mol. The van der Waals surface area contributed by atoms with Crippen LogP contribution in [0.2, 0.25) is 0 Å². The minimum Gasteiger partial charge on any atom is -0.246 e. The van der Waals surface area contributed by atoms with Gasteiger partial charge in [-0.15, -0.1) is 18.8 Å². The first kappa shape index (κ1) is 42.6. The SMILES string of the molecule is C#Cc1ccc(Cc2nccc(Cc3c(C)cc(C=CC#N)cc3C)n2)cc1.Cl.[C-]#[N+]/C=C/c1cc(C)c(Cc2ccnc(Cc3ccc(C#N)cc3)n2)c(C)c1. The molecule has 0 unspecified atom stereocenters. The largest absolute Gasteiger partial charge is 0.246 e. The van der Waals surface area contributed by atoms with Crippen LogP contribution in [0.3, 0.4) is 0 Å². The normalized spacial score (nSPS) is 10.4. The average Bonchev–Trinajstić information content (AvgIpc) is 3.20. The lowest BCUT2D eigenvalue weighted by Crippen LogP contribution is -2.03. The van der Waals surface area contributed by atoms with Crippen LogP contribution in [0.5, 0.6) is 0 Å². The molecule has 8 heteroatoms. The van der Waals surface area contributed by atoms with Crippen LogP contribution in [0.1, 0.15) is 89.8 Å². The number of terminal acetylenes is 1. The van der Waals surface area contributed by atoms with Gasteiger partial charge in [0.25, 0.3) is 0 Å². The summed E-state index contributed by atoms with van der Waals surface area (Å²) in [5.74, 6) is 4.20. The number of hydrogen-bond acceptors (Lipinski definition) is 6. The molecule has 0 aliphatic rings. The van der Waals surface area contributed by atoms with Crippen LogP contribution >= 0.6 is 12.4 Å². The standard InChI is InChI=1S/C25H21N3.C24H20N4.ClH/c1-4-20-7-9-21(10-8-20)16-25-27-13-11-23(28-25)17-24-18(2)14-22(6-5-12-26)15-19(24)3;1-17-12-21(8-10-26-3)13-18(2)23(17)15-22-9-11-27-24(28-22)14-19-4-6-20(16-25)7-5-19;/h1,5-11,13-15H,16-17H2,2-3H3;4-13H,14-15H2,1-2H3;1H/b;10-8+;. The molecule has 0 saturated carbocycles. The number of halogens is 1. The molecule has 6 aromatic rings. The van der Waals surface area contributed by atoms with Crippen molar-refractivity contribution >= 4 is 24.6 Å². The second-order valence-electron chi connectivity index (χ2n) is 13.5. The maximum Gasteiger partial charge on any atom is 0.154 e. The second kappa shape index (κ2) is 21.1. The van der Waals surface area contributed by atoms with Gasteiger partial charge in [-0.3, -0.25) is 0 Å². The van der Waals surface area contributed by atoms with Gasteiger partial charge < -0.3 is 0 Å². The van der Waals surface area contributed by atoms with Crippen LogP contribution < -0.4 is 0 Å². The first-order chi connectivity index (χ1) is 27.2. The predicted molar refractivity (Wildman–Crippen MR) is 230 cm³/mol. The van der Waals surface area contributed by atoms with Gasteiger partial charge in [0.2, 0.25) is 0 Å². The van der Waals surface area contributed by atoms with Gasteiger partial charge >= 0.3 is 0 Å². The molecule has 7 nitrogen and oxygen atoms in total. The van der Waals surface area contributed by atoms with E-state index in [1.807, 2.05) is 85.1 Å². The number of nitriles is 2. The van der Waals surface area contributed by atoms with E-state index in [0.717, 1.165) is 63.7 Å². The van der Waals surface area contributed by atoms with Crippen molar-refractivity contribution in [1.29, 1.82) is 10.5 Å². The number of rotatable bonds is 10.